The molecule has 0 spiro atoms. The lowest BCUT2D eigenvalue weighted by molar-refractivity contribution is -0.216. The third-order valence-corrected chi connectivity index (χ3v) is 9.51. The van der Waals surface area contributed by atoms with Crippen LogP contribution in [0.1, 0.15) is 34.1 Å². The second kappa shape index (κ2) is 7.84. The molecule has 100 valence electrons. The normalized spacial score (nSPS) is 13.4. The van der Waals surface area contributed by atoms with Gasteiger partial charge in [0, 0.05) is 15.8 Å². The molecule has 1 atom stereocenters. The van der Waals surface area contributed by atoms with Gasteiger partial charge in [-0.3, -0.25) is 0 Å². The molecule has 0 N–H and O–H groups in total. The Balaban J connectivity index is 4.36. The van der Waals surface area contributed by atoms with E-state index in [4.69, 9.17) is 9.46 Å². The first kappa shape index (κ1) is 16.6. The summed E-state index contributed by atoms with van der Waals surface area (Å²) in [5.74, 6) is -0.376. The first-order chi connectivity index (χ1) is 7.96. The van der Waals surface area contributed by atoms with Gasteiger partial charge in [0.15, 0.2) is 0 Å². The molecule has 17 heavy (non-hydrogen) atoms. The van der Waals surface area contributed by atoms with Crippen molar-refractivity contribution in [2.75, 3.05) is 0 Å². The molecule has 0 aliphatic carbocycles. The highest BCUT2D eigenvalue weighted by Crippen LogP contribution is 2.23. The quantitative estimate of drug-likeness (QED) is 0.295. The zero-order valence-corrected chi connectivity index (χ0v) is 14.8. The molecule has 0 aromatic rings. The van der Waals surface area contributed by atoms with Gasteiger partial charge < -0.3 is 4.89 Å². The Bertz CT molecular complexity index is 254. The maximum Gasteiger partial charge on any atom is 0.367 e. The largest absolute Gasteiger partial charge is 0.367 e. The predicted molar refractivity (Wildman–Crippen MR) is 77.5 cm³/mol. The van der Waals surface area contributed by atoms with Crippen LogP contribution in [0.5, 0.6) is 0 Å². The summed E-state index contributed by atoms with van der Waals surface area (Å²) >= 11 is 0. The number of carbonyl (C=O) groups is 1. The van der Waals surface area contributed by atoms with Crippen LogP contribution in [0.4, 0.5) is 0 Å². The van der Waals surface area contributed by atoms with Crippen molar-refractivity contribution in [2.45, 2.75) is 57.8 Å². The lowest BCUT2D eigenvalue weighted by Crippen LogP contribution is -2.36. The second-order valence-corrected chi connectivity index (χ2v) is 10.6. The van der Waals surface area contributed by atoms with E-state index in [-0.39, 0.29) is 11.5 Å². The molecule has 1 unspecified atom stereocenters. The number of hydrogen-bond donors (Lipinski definition) is 0. The fourth-order valence-electron chi connectivity index (χ4n) is 1.55. The average Bonchev–Trinajstić information content (AvgIpc) is 2.38. The SMILES string of the molecule is C=C(C(=O)OO[Si](CC)(CC)CC)C([SiH3])CC. The zero-order chi connectivity index (χ0) is 13.5. The Morgan fingerprint density at radius 1 is 1.24 bits per heavy atom. The van der Waals surface area contributed by atoms with E-state index in [9.17, 15) is 4.79 Å². The highest BCUT2D eigenvalue weighted by molar-refractivity contribution is 6.73. The van der Waals surface area contributed by atoms with E-state index in [1.165, 1.54) is 0 Å². The number of rotatable bonds is 8. The average molecular weight is 275 g/mol. The summed E-state index contributed by atoms with van der Waals surface area (Å²) in [5, 5.41) is 0. The smallest absolute Gasteiger partial charge is 0.305 e. The molecule has 0 aromatic carbocycles. The van der Waals surface area contributed by atoms with Crippen LogP contribution in [0.25, 0.3) is 0 Å². The Morgan fingerprint density at radius 3 is 2.06 bits per heavy atom. The Morgan fingerprint density at radius 2 is 1.71 bits per heavy atom. The first-order valence-electron chi connectivity index (χ1n) is 6.55. The Labute approximate surface area is 109 Å². The summed E-state index contributed by atoms with van der Waals surface area (Å²) in [6.07, 6.45) is 0.943. The molecule has 0 aromatic heterocycles. The van der Waals surface area contributed by atoms with E-state index in [2.05, 4.69) is 34.3 Å². The van der Waals surface area contributed by atoms with Gasteiger partial charge >= 0.3 is 5.97 Å². The third kappa shape index (κ3) is 4.77. The molecular formula is C12H26O3Si2. The van der Waals surface area contributed by atoms with Crippen molar-refractivity contribution in [2.24, 2.45) is 0 Å². The molecule has 0 saturated heterocycles. The minimum absolute atomic E-state index is 0.284. The molecule has 0 saturated carbocycles. The van der Waals surface area contributed by atoms with Crippen LogP contribution in [-0.2, 0) is 14.3 Å². The molecular weight excluding hydrogens is 248 g/mol. The third-order valence-electron chi connectivity index (χ3n) is 3.70. The molecule has 0 aliphatic rings. The minimum atomic E-state index is -1.84. The van der Waals surface area contributed by atoms with Crippen molar-refractivity contribution in [1.29, 1.82) is 0 Å². The van der Waals surface area contributed by atoms with Crippen molar-refractivity contribution in [3.05, 3.63) is 12.2 Å². The molecule has 0 bridgehead atoms. The van der Waals surface area contributed by atoms with Gasteiger partial charge in [-0.15, -0.1) is 0 Å². The number of carbonyl (C=O) groups excluding carboxylic acids is 1. The summed E-state index contributed by atoms with van der Waals surface area (Å²) in [6.45, 7) is 12.2. The van der Waals surface area contributed by atoms with E-state index in [0.717, 1.165) is 34.8 Å². The summed E-state index contributed by atoms with van der Waals surface area (Å²) in [6, 6.07) is 2.91. The van der Waals surface area contributed by atoms with Gasteiger partial charge in [-0.05, 0) is 23.7 Å². The van der Waals surface area contributed by atoms with Crippen molar-refractivity contribution in [3.8, 4) is 0 Å². The van der Waals surface area contributed by atoms with Gasteiger partial charge in [-0.25, -0.2) is 9.37 Å². The van der Waals surface area contributed by atoms with Gasteiger partial charge in [0.25, 0.3) is 8.32 Å². The van der Waals surface area contributed by atoms with Crippen molar-refractivity contribution in [3.63, 3.8) is 0 Å². The highest BCUT2D eigenvalue weighted by atomic mass is 28.4. The van der Waals surface area contributed by atoms with Crippen LogP contribution < -0.4 is 0 Å². The zero-order valence-electron chi connectivity index (χ0n) is 11.8. The number of hydrogen-bond acceptors (Lipinski definition) is 3. The highest BCUT2D eigenvalue weighted by Gasteiger charge is 2.33. The van der Waals surface area contributed by atoms with Crippen LogP contribution in [0.15, 0.2) is 12.2 Å². The monoisotopic (exact) mass is 274 g/mol. The van der Waals surface area contributed by atoms with E-state index in [1.807, 2.05) is 0 Å². The van der Waals surface area contributed by atoms with Crippen LogP contribution in [-0.4, -0.2) is 24.5 Å². The van der Waals surface area contributed by atoms with Crippen molar-refractivity contribution in [1.82, 2.24) is 0 Å². The molecule has 0 fully saturated rings. The minimum Gasteiger partial charge on any atom is -0.305 e. The molecule has 3 nitrogen and oxygen atoms in total. The van der Waals surface area contributed by atoms with Crippen molar-refractivity contribution >= 4 is 24.5 Å². The standard InChI is InChI=1S/C12H26O3Si2/c1-6-11(16)10(5)12(13)14-15-17(7-2,8-3)9-4/h11H,5-9H2,1-4,16H3. The van der Waals surface area contributed by atoms with E-state index >= 15 is 0 Å². The fourth-order valence-corrected chi connectivity index (χ4v) is 3.90. The maximum absolute atomic E-state index is 11.7. The first-order valence-corrected chi connectivity index (χ1v) is 10.2. The fraction of sp³-hybridized carbons (Fsp3) is 0.750. The predicted octanol–water partition coefficient (Wildman–Crippen LogP) is 2.59. The van der Waals surface area contributed by atoms with Crippen LogP contribution in [0.2, 0.25) is 23.7 Å². The van der Waals surface area contributed by atoms with E-state index < -0.39 is 8.32 Å². The molecule has 0 heterocycles. The summed E-state index contributed by atoms with van der Waals surface area (Å²) in [5.41, 5.74) is 0.845. The summed E-state index contributed by atoms with van der Waals surface area (Å²) in [4.78, 5) is 16.7. The molecule has 0 radical (unpaired) electrons. The van der Waals surface area contributed by atoms with Gasteiger partial charge in [-0.1, -0.05) is 40.7 Å². The van der Waals surface area contributed by atoms with Crippen molar-refractivity contribution < 1.29 is 14.3 Å². The second-order valence-electron chi connectivity index (χ2n) is 4.53. The van der Waals surface area contributed by atoms with Gasteiger partial charge in [0.05, 0.1) is 0 Å². The lowest BCUT2D eigenvalue weighted by Gasteiger charge is -2.25. The van der Waals surface area contributed by atoms with E-state index in [1.54, 1.807) is 0 Å². The van der Waals surface area contributed by atoms with Gasteiger partial charge in [0.2, 0.25) is 0 Å². The van der Waals surface area contributed by atoms with Gasteiger partial charge in [0.1, 0.15) is 0 Å². The lowest BCUT2D eigenvalue weighted by atomic mass is 10.2. The summed E-state index contributed by atoms with van der Waals surface area (Å²) in [7, 11) is -0.918. The summed E-state index contributed by atoms with van der Waals surface area (Å²) < 4.78 is 5.50. The van der Waals surface area contributed by atoms with Crippen LogP contribution in [0, 0.1) is 0 Å². The molecule has 5 heteroatoms. The van der Waals surface area contributed by atoms with E-state index in [0.29, 0.717) is 5.57 Å². The maximum atomic E-state index is 11.7. The van der Waals surface area contributed by atoms with Crippen LogP contribution >= 0.6 is 0 Å². The molecule has 0 rings (SSSR count). The topological polar surface area (TPSA) is 35.5 Å². The Kier molecular flexibility index (Phi) is 7.66. The van der Waals surface area contributed by atoms with Crippen LogP contribution in [0.3, 0.4) is 0 Å². The Hall–Kier alpha value is -0.396. The molecule has 0 amide bonds. The molecule has 0 aliphatic heterocycles. The van der Waals surface area contributed by atoms with Gasteiger partial charge in [-0.2, -0.15) is 0 Å².